The fraction of sp³-hybridized carbons (Fsp3) is 0.148. The largest absolute Gasteiger partial charge is 0.507 e. The Morgan fingerprint density at radius 2 is 1.86 bits per heavy atom. The first-order chi connectivity index (χ1) is 17.4. The van der Waals surface area contributed by atoms with E-state index in [-0.39, 0.29) is 22.8 Å². The summed E-state index contributed by atoms with van der Waals surface area (Å²) in [4.78, 5) is 32.6. The molecule has 8 nitrogen and oxygen atoms in total. The van der Waals surface area contributed by atoms with Gasteiger partial charge in [0, 0.05) is 5.56 Å². The quantitative estimate of drug-likeness (QED) is 0.216. The fourth-order valence-corrected chi connectivity index (χ4v) is 5.23. The van der Waals surface area contributed by atoms with Gasteiger partial charge in [-0.25, -0.2) is 4.98 Å². The van der Waals surface area contributed by atoms with Gasteiger partial charge in [0.2, 0.25) is 0 Å². The number of aromatic nitrogens is 1. The van der Waals surface area contributed by atoms with E-state index in [0.717, 1.165) is 4.70 Å². The summed E-state index contributed by atoms with van der Waals surface area (Å²) >= 11 is 1.24. The Balaban J connectivity index is 1.72. The first kappa shape index (κ1) is 23.4. The van der Waals surface area contributed by atoms with Crippen molar-refractivity contribution in [1.29, 1.82) is 0 Å². The minimum absolute atomic E-state index is 0.0757. The van der Waals surface area contributed by atoms with Gasteiger partial charge in [-0.3, -0.25) is 14.5 Å². The summed E-state index contributed by atoms with van der Waals surface area (Å²) in [6.45, 7) is 2.40. The van der Waals surface area contributed by atoms with Crippen LogP contribution in [-0.2, 0) is 9.59 Å². The normalized spacial score (nSPS) is 17.1. The first-order valence-corrected chi connectivity index (χ1v) is 12.0. The van der Waals surface area contributed by atoms with Gasteiger partial charge in [-0.05, 0) is 42.8 Å². The molecule has 4 aromatic rings. The number of benzene rings is 3. The van der Waals surface area contributed by atoms with Gasteiger partial charge in [-0.1, -0.05) is 47.7 Å². The summed E-state index contributed by atoms with van der Waals surface area (Å²) in [6, 6.07) is 17.5. The lowest BCUT2D eigenvalue weighted by molar-refractivity contribution is -0.132. The minimum atomic E-state index is -0.994. The van der Waals surface area contributed by atoms with E-state index in [1.165, 1.54) is 35.5 Å². The first-order valence-electron chi connectivity index (χ1n) is 11.2. The molecular formula is C27H22N2O6S. The van der Waals surface area contributed by atoms with E-state index >= 15 is 0 Å². The Labute approximate surface area is 210 Å². The molecule has 182 valence electrons. The lowest BCUT2D eigenvalue weighted by Crippen LogP contribution is -2.29. The Hall–Kier alpha value is -4.37. The number of aromatic hydroxyl groups is 1. The number of anilines is 1. The molecule has 3 aromatic carbocycles. The number of amides is 1. The molecule has 0 bridgehead atoms. The number of rotatable bonds is 6. The van der Waals surface area contributed by atoms with Crippen LogP contribution in [0, 0.1) is 0 Å². The Kier molecular flexibility index (Phi) is 6.07. The number of fused-ring (bicyclic) bond motifs is 1. The third-order valence-electron chi connectivity index (χ3n) is 5.88. The van der Waals surface area contributed by atoms with Crippen molar-refractivity contribution >= 4 is 44.1 Å². The maximum atomic E-state index is 13.4. The third kappa shape index (κ3) is 3.93. The van der Waals surface area contributed by atoms with Crippen molar-refractivity contribution in [3.8, 4) is 17.2 Å². The lowest BCUT2D eigenvalue weighted by Gasteiger charge is -2.23. The van der Waals surface area contributed by atoms with Crippen LogP contribution in [0.4, 0.5) is 5.13 Å². The average Bonchev–Trinajstić information content (AvgIpc) is 3.42. The molecule has 1 amide bonds. The van der Waals surface area contributed by atoms with Crippen molar-refractivity contribution < 1.29 is 29.3 Å². The summed E-state index contributed by atoms with van der Waals surface area (Å²) in [6.07, 6.45) is 0. The number of Topliss-reactive ketones (excluding diaryl/α,β-unsaturated/α-hetero) is 1. The number of hydrogen-bond acceptors (Lipinski definition) is 8. The van der Waals surface area contributed by atoms with Gasteiger partial charge in [-0.15, -0.1) is 0 Å². The Bertz CT molecular complexity index is 1510. The van der Waals surface area contributed by atoms with E-state index in [4.69, 9.17) is 9.47 Å². The second kappa shape index (κ2) is 9.35. The van der Waals surface area contributed by atoms with Gasteiger partial charge in [-0.2, -0.15) is 0 Å². The van der Waals surface area contributed by atoms with E-state index in [9.17, 15) is 19.8 Å². The summed E-state index contributed by atoms with van der Waals surface area (Å²) in [7, 11) is 1.41. The van der Waals surface area contributed by atoms with Gasteiger partial charge < -0.3 is 19.7 Å². The van der Waals surface area contributed by atoms with E-state index < -0.39 is 17.7 Å². The number of ether oxygens (including phenoxy) is 2. The van der Waals surface area contributed by atoms with E-state index in [1.807, 2.05) is 13.0 Å². The molecule has 0 spiro atoms. The van der Waals surface area contributed by atoms with Gasteiger partial charge in [0.1, 0.15) is 11.5 Å². The molecule has 1 aliphatic rings. The number of carbonyl (C=O) groups is 2. The van der Waals surface area contributed by atoms with Crippen molar-refractivity contribution in [1.82, 2.24) is 4.98 Å². The number of ketones is 1. The lowest BCUT2D eigenvalue weighted by atomic mass is 9.95. The molecule has 5 rings (SSSR count). The molecule has 1 unspecified atom stereocenters. The molecule has 1 saturated heterocycles. The monoisotopic (exact) mass is 502 g/mol. The molecule has 1 atom stereocenters. The second-order valence-electron chi connectivity index (χ2n) is 8.03. The molecule has 1 aromatic heterocycles. The maximum Gasteiger partial charge on any atom is 0.301 e. The predicted molar refractivity (Wildman–Crippen MR) is 137 cm³/mol. The van der Waals surface area contributed by atoms with Crippen molar-refractivity contribution in [2.45, 2.75) is 13.0 Å². The van der Waals surface area contributed by atoms with Crippen LogP contribution < -0.4 is 14.4 Å². The molecule has 2 N–H and O–H groups in total. The topological polar surface area (TPSA) is 109 Å². The van der Waals surface area contributed by atoms with Crippen molar-refractivity contribution in [2.75, 3.05) is 18.6 Å². The number of methoxy groups -OCH3 is 1. The molecule has 36 heavy (non-hydrogen) atoms. The summed E-state index contributed by atoms with van der Waals surface area (Å²) in [5.41, 5.74) is 1.44. The zero-order chi connectivity index (χ0) is 25.4. The van der Waals surface area contributed by atoms with Crippen LogP contribution in [0.2, 0.25) is 0 Å². The van der Waals surface area contributed by atoms with Crippen LogP contribution in [-0.4, -0.2) is 40.6 Å². The molecule has 0 aliphatic carbocycles. The number of thiazole rings is 1. The van der Waals surface area contributed by atoms with Crippen LogP contribution in [0.3, 0.4) is 0 Å². The van der Waals surface area contributed by atoms with Crippen molar-refractivity contribution in [3.05, 3.63) is 83.4 Å². The van der Waals surface area contributed by atoms with Gasteiger partial charge in [0.25, 0.3) is 5.78 Å². The average molecular weight is 503 g/mol. The number of nitrogens with zero attached hydrogens (tertiary/aromatic N) is 2. The van der Waals surface area contributed by atoms with E-state index in [2.05, 4.69) is 4.98 Å². The van der Waals surface area contributed by atoms with Crippen molar-refractivity contribution in [3.63, 3.8) is 0 Å². The predicted octanol–water partition coefficient (Wildman–Crippen LogP) is 5.04. The van der Waals surface area contributed by atoms with Crippen molar-refractivity contribution in [2.24, 2.45) is 0 Å². The van der Waals surface area contributed by atoms with Crippen LogP contribution in [0.1, 0.15) is 24.1 Å². The highest BCUT2D eigenvalue weighted by Crippen LogP contribution is 2.46. The number of phenolic OH excluding ortho intramolecular Hbond substituents is 1. The molecule has 0 radical (unpaired) electrons. The van der Waals surface area contributed by atoms with Crippen LogP contribution in [0.25, 0.3) is 16.0 Å². The zero-order valence-electron chi connectivity index (χ0n) is 19.5. The minimum Gasteiger partial charge on any atom is -0.507 e. The number of aliphatic hydroxyl groups is 1. The molecule has 2 heterocycles. The molecule has 9 heteroatoms. The Morgan fingerprint density at radius 3 is 2.58 bits per heavy atom. The van der Waals surface area contributed by atoms with Gasteiger partial charge in [0.15, 0.2) is 16.6 Å². The molecular weight excluding hydrogens is 480 g/mol. The van der Waals surface area contributed by atoms with Gasteiger partial charge in [0.05, 0.1) is 35.5 Å². The van der Waals surface area contributed by atoms with Crippen LogP contribution >= 0.6 is 11.3 Å². The standard InChI is InChI=1S/C27H22N2O6S/c1-3-35-17-10-11-18-21(14-17)36-27(28-18)29-23(16-9-12-19(30)20(13-16)34-2)22(25(32)26(29)33)24(31)15-7-5-4-6-8-15/h4-14,23,30-31H,3H2,1-2H3/b24-22+. The molecule has 1 fully saturated rings. The van der Waals surface area contributed by atoms with E-state index in [0.29, 0.717) is 34.1 Å². The maximum absolute atomic E-state index is 13.4. The zero-order valence-corrected chi connectivity index (χ0v) is 20.3. The highest BCUT2D eigenvalue weighted by atomic mass is 32.1. The highest BCUT2D eigenvalue weighted by molar-refractivity contribution is 7.22. The summed E-state index contributed by atoms with van der Waals surface area (Å²) < 4.78 is 11.6. The highest BCUT2D eigenvalue weighted by Gasteiger charge is 2.48. The number of carbonyl (C=O) groups excluding carboxylic acids is 2. The fourth-order valence-electron chi connectivity index (χ4n) is 4.21. The summed E-state index contributed by atoms with van der Waals surface area (Å²) in [5.74, 6) is -1.19. The van der Waals surface area contributed by atoms with E-state index in [1.54, 1.807) is 48.5 Å². The molecule has 0 saturated carbocycles. The summed E-state index contributed by atoms with van der Waals surface area (Å²) in [5, 5.41) is 21.6. The number of aliphatic hydroxyl groups excluding tert-OH is 1. The number of hydrogen-bond donors (Lipinski definition) is 2. The SMILES string of the molecule is CCOc1ccc2nc(N3C(=O)C(=O)/C(=C(/O)c4ccccc4)C3c3ccc(O)c(OC)c3)sc2c1. The molecule has 1 aliphatic heterocycles. The second-order valence-corrected chi connectivity index (χ2v) is 9.03. The van der Waals surface area contributed by atoms with Gasteiger partial charge >= 0.3 is 5.91 Å². The van der Waals surface area contributed by atoms with Crippen LogP contribution in [0.5, 0.6) is 17.2 Å². The van der Waals surface area contributed by atoms with Crippen LogP contribution in [0.15, 0.2) is 72.3 Å². The third-order valence-corrected chi connectivity index (χ3v) is 6.89. The smallest absolute Gasteiger partial charge is 0.301 e. The Morgan fingerprint density at radius 1 is 1.08 bits per heavy atom. The number of phenols is 1.